The molecular weight excluding hydrogens is 452 g/mol. The molecule has 5 rings (SSSR count). The van der Waals surface area contributed by atoms with Gasteiger partial charge in [0.05, 0.1) is 29.5 Å². The van der Waals surface area contributed by atoms with Gasteiger partial charge in [-0.3, -0.25) is 4.79 Å². The zero-order chi connectivity index (χ0) is 23.9. The maximum atomic E-state index is 13.3. The smallest absolute Gasteiger partial charge is 0.227 e. The lowest BCUT2D eigenvalue weighted by molar-refractivity contribution is -0.126. The van der Waals surface area contributed by atoms with E-state index >= 15 is 0 Å². The highest BCUT2D eigenvalue weighted by Crippen LogP contribution is 2.31. The van der Waals surface area contributed by atoms with Gasteiger partial charge in [0.25, 0.3) is 0 Å². The number of aromatic nitrogens is 4. The molecule has 2 fully saturated rings. The molecule has 9 nitrogen and oxygen atoms in total. The summed E-state index contributed by atoms with van der Waals surface area (Å²) in [6.07, 6.45) is 6.23. The Morgan fingerprint density at radius 2 is 1.88 bits per heavy atom. The summed E-state index contributed by atoms with van der Waals surface area (Å²) in [7, 11) is 2.12. The maximum Gasteiger partial charge on any atom is 0.227 e. The van der Waals surface area contributed by atoms with E-state index in [4.69, 9.17) is 16.6 Å². The number of piperazine rings is 1. The number of anilines is 2. The molecule has 2 saturated heterocycles. The molecule has 0 unspecified atom stereocenters. The minimum Gasteiger partial charge on any atom is -0.354 e. The normalized spacial score (nSPS) is 19.7. The van der Waals surface area contributed by atoms with E-state index in [-0.39, 0.29) is 11.8 Å². The van der Waals surface area contributed by atoms with Crippen LogP contribution in [-0.2, 0) is 10.3 Å². The molecule has 0 spiro atoms. The molecule has 0 saturated carbocycles. The van der Waals surface area contributed by atoms with Crippen molar-refractivity contribution in [3.8, 4) is 0 Å². The Morgan fingerprint density at radius 1 is 1.09 bits per heavy atom. The molecule has 0 aromatic carbocycles. The Morgan fingerprint density at radius 3 is 2.68 bits per heavy atom. The molecule has 0 aliphatic carbocycles. The zero-order valence-electron chi connectivity index (χ0n) is 19.9. The zero-order valence-corrected chi connectivity index (χ0v) is 20.7. The van der Waals surface area contributed by atoms with Crippen LogP contribution in [0.2, 0.25) is 5.02 Å². The van der Waals surface area contributed by atoms with E-state index in [0.29, 0.717) is 23.3 Å². The lowest BCUT2D eigenvalue weighted by Crippen LogP contribution is -2.45. The van der Waals surface area contributed by atoms with E-state index in [1.54, 1.807) is 6.20 Å². The summed E-state index contributed by atoms with van der Waals surface area (Å²) in [5.74, 6) is 1.30. The third kappa shape index (κ3) is 4.42. The number of halogens is 1. The van der Waals surface area contributed by atoms with Gasteiger partial charge in [-0.2, -0.15) is 4.98 Å². The maximum absolute atomic E-state index is 13.3. The van der Waals surface area contributed by atoms with E-state index in [1.165, 1.54) is 0 Å². The first-order chi connectivity index (χ1) is 16.3. The SMILES string of the molecule is CN1CCN(c2ncc(Cl)c(N3CC[C@H](C(=O)NC(C)(C)c4cnc5ccccn45)C3)n2)CC1. The van der Waals surface area contributed by atoms with Gasteiger partial charge in [0.2, 0.25) is 11.9 Å². The summed E-state index contributed by atoms with van der Waals surface area (Å²) >= 11 is 6.49. The van der Waals surface area contributed by atoms with Crippen molar-refractivity contribution in [2.24, 2.45) is 5.92 Å². The number of rotatable bonds is 5. The third-order valence-corrected chi connectivity index (χ3v) is 7.12. The monoisotopic (exact) mass is 482 g/mol. The van der Waals surface area contributed by atoms with Crippen molar-refractivity contribution < 1.29 is 4.79 Å². The third-order valence-electron chi connectivity index (χ3n) is 6.85. The Kier molecular flexibility index (Phi) is 6.07. The first-order valence-electron chi connectivity index (χ1n) is 11.8. The summed E-state index contributed by atoms with van der Waals surface area (Å²) in [6, 6.07) is 5.88. The van der Waals surface area contributed by atoms with E-state index < -0.39 is 5.54 Å². The number of fused-ring (bicyclic) bond motifs is 1. The molecule has 0 radical (unpaired) electrons. The van der Waals surface area contributed by atoms with Crippen molar-refractivity contribution >= 4 is 34.9 Å². The lowest BCUT2D eigenvalue weighted by Gasteiger charge is -2.33. The molecule has 1 N–H and O–H groups in total. The van der Waals surface area contributed by atoms with Gasteiger partial charge in [-0.25, -0.2) is 9.97 Å². The fourth-order valence-corrected chi connectivity index (χ4v) is 4.98. The minimum absolute atomic E-state index is 0.0304. The number of carbonyl (C=O) groups excluding carboxylic acids is 1. The number of nitrogens with one attached hydrogen (secondary N) is 1. The summed E-state index contributed by atoms with van der Waals surface area (Å²) in [5.41, 5.74) is 1.25. The predicted octanol–water partition coefficient (Wildman–Crippen LogP) is 2.41. The van der Waals surface area contributed by atoms with Gasteiger partial charge in [0.15, 0.2) is 5.82 Å². The number of hydrogen-bond acceptors (Lipinski definition) is 7. The molecule has 10 heteroatoms. The van der Waals surface area contributed by atoms with Crippen molar-refractivity contribution in [1.29, 1.82) is 0 Å². The largest absolute Gasteiger partial charge is 0.354 e. The topological polar surface area (TPSA) is 81.9 Å². The quantitative estimate of drug-likeness (QED) is 0.598. The van der Waals surface area contributed by atoms with E-state index in [9.17, 15) is 4.79 Å². The lowest BCUT2D eigenvalue weighted by atomic mass is 9.98. The van der Waals surface area contributed by atoms with Gasteiger partial charge in [-0.15, -0.1) is 0 Å². The molecule has 180 valence electrons. The van der Waals surface area contributed by atoms with Gasteiger partial charge in [0.1, 0.15) is 10.7 Å². The number of carbonyl (C=O) groups is 1. The number of pyridine rings is 1. The second-order valence-electron chi connectivity index (χ2n) is 9.75. The molecule has 1 atom stereocenters. The van der Waals surface area contributed by atoms with Crippen molar-refractivity contribution in [2.45, 2.75) is 25.8 Å². The highest BCUT2D eigenvalue weighted by atomic mass is 35.5. The van der Waals surface area contributed by atoms with Crippen LogP contribution in [0, 0.1) is 5.92 Å². The number of nitrogens with zero attached hydrogens (tertiary/aromatic N) is 7. The highest BCUT2D eigenvalue weighted by molar-refractivity contribution is 6.32. The van der Waals surface area contributed by atoms with E-state index in [2.05, 4.69) is 37.0 Å². The van der Waals surface area contributed by atoms with Gasteiger partial charge in [-0.1, -0.05) is 17.7 Å². The number of likely N-dealkylation sites (N-methyl/N-ethyl adjacent to an activating group) is 1. The summed E-state index contributed by atoms with van der Waals surface area (Å²) in [4.78, 5) is 33.6. The van der Waals surface area contributed by atoms with Crippen LogP contribution in [0.4, 0.5) is 11.8 Å². The van der Waals surface area contributed by atoms with Crippen molar-refractivity contribution in [2.75, 3.05) is 56.1 Å². The summed E-state index contributed by atoms with van der Waals surface area (Å²) in [6.45, 7) is 9.07. The molecule has 3 aromatic heterocycles. The average molecular weight is 483 g/mol. The Bertz CT molecular complexity index is 1190. The second-order valence-corrected chi connectivity index (χ2v) is 10.2. The Hall–Kier alpha value is -2.91. The predicted molar refractivity (Wildman–Crippen MR) is 133 cm³/mol. The molecule has 2 aliphatic heterocycles. The molecule has 34 heavy (non-hydrogen) atoms. The summed E-state index contributed by atoms with van der Waals surface area (Å²) < 4.78 is 2.02. The van der Waals surface area contributed by atoms with E-state index in [0.717, 1.165) is 50.5 Å². The van der Waals surface area contributed by atoms with Gasteiger partial charge in [-0.05, 0) is 39.4 Å². The Balaban J connectivity index is 1.27. The van der Waals surface area contributed by atoms with Crippen molar-refractivity contribution in [3.05, 3.63) is 47.5 Å². The van der Waals surface area contributed by atoms with Gasteiger partial charge in [0, 0.05) is 45.5 Å². The number of amides is 1. The average Bonchev–Trinajstić information content (AvgIpc) is 3.48. The van der Waals surface area contributed by atoms with Crippen LogP contribution in [0.5, 0.6) is 0 Å². The van der Waals surface area contributed by atoms with Crippen LogP contribution < -0.4 is 15.1 Å². The first kappa shape index (κ1) is 22.9. The van der Waals surface area contributed by atoms with Crippen molar-refractivity contribution in [3.63, 3.8) is 0 Å². The van der Waals surface area contributed by atoms with Gasteiger partial charge < -0.3 is 24.4 Å². The molecule has 3 aromatic rings. The van der Waals surface area contributed by atoms with Gasteiger partial charge >= 0.3 is 0 Å². The van der Waals surface area contributed by atoms with Crippen LogP contribution in [0.3, 0.4) is 0 Å². The fraction of sp³-hybridized carbons (Fsp3) is 0.500. The minimum atomic E-state index is -0.563. The van der Waals surface area contributed by atoms with Crippen LogP contribution in [-0.4, -0.2) is 76.5 Å². The molecule has 1 amide bonds. The van der Waals surface area contributed by atoms with Crippen molar-refractivity contribution in [1.82, 2.24) is 29.6 Å². The van der Waals surface area contributed by atoms with E-state index in [1.807, 2.05) is 48.8 Å². The first-order valence-corrected chi connectivity index (χ1v) is 12.2. The fourth-order valence-electron chi connectivity index (χ4n) is 4.77. The summed E-state index contributed by atoms with van der Waals surface area (Å²) in [5, 5.41) is 3.76. The Labute approximate surface area is 204 Å². The standard InChI is InChI=1S/C24H31ClN8O/c1-24(2,19-15-26-20-6-4-5-8-33(19)20)29-22(34)17-7-9-32(16-17)21-18(25)14-27-23(28-21)31-12-10-30(3)11-13-31/h4-6,8,14-15,17H,7,9-13,16H2,1-3H3,(H,29,34)/t17-/m0/s1. The molecule has 5 heterocycles. The molecular formula is C24H31ClN8O. The highest BCUT2D eigenvalue weighted by Gasteiger charge is 2.35. The number of hydrogen-bond donors (Lipinski definition) is 1. The van der Waals surface area contributed by atoms with Crippen LogP contribution in [0.25, 0.3) is 5.65 Å². The molecule has 2 aliphatic rings. The number of imidazole rings is 1. The van der Waals surface area contributed by atoms with Crippen LogP contribution >= 0.6 is 11.6 Å². The van der Waals surface area contributed by atoms with Crippen LogP contribution in [0.1, 0.15) is 26.0 Å². The van der Waals surface area contributed by atoms with Crippen LogP contribution in [0.15, 0.2) is 36.8 Å². The molecule has 0 bridgehead atoms. The second kappa shape index (κ2) is 9.03.